The number of amides is 2. The van der Waals surface area contributed by atoms with Crippen molar-refractivity contribution < 1.29 is 19.1 Å². The largest absolute Gasteiger partial charge is 0.491 e. The molecule has 0 unspecified atom stereocenters. The first-order valence-corrected chi connectivity index (χ1v) is 13.1. The van der Waals surface area contributed by atoms with Crippen molar-refractivity contribution in [1.82, 2.24) is 14.8 Å². The molecule has 3 aliphatic heterocycles. The molecule has 0 saturated carbocycles. The van der Waals surface area contributed by atoms with Crippen molar-refractivity contribution in [2.24, 2.45) is 5.41 Å². The van der Waals surface area contributed by atoms with E-state index in [0.717, 1.165) is 55.9 Å². The van der Waals surface area contributed by atoms with E-state index in [1.165, 1.54) is 0 Å². The normalized spacial score (nSPS) is 19.2. The number of thiazole rings is 1. The summed E-state index contributed by atoms with van der Waals surface area (Å²) in [7, 11) is 1.76. The van der Waals surface area contributed by atoms with E-state index < -0.39 is 0 Å². The Labute approximate surface area is 206 Å². The van der Waals surface area contributed by atoms with Gasteiger partial charge in [-0.1, -0.05) is 18.6 Å². The third-order valence-corrected chi connectivity index (χ3v) is 7.86. The lowest BCUT2D eigenvalue weighted by Gasteiger charge is -2.41. The van der Waals surface area contributed by atoms with E-state index in [1.54, 1.807) is 18.4 Å². The summed E-state index contributed by atoms with van der Waals surface area (Å²) in [5.41, 5.74) is 1.51. The number of methoxy groups -OCH3 is 1. The quantitative estimate of drug-likeness (QED) is 0.656. The molecule has 184 valence electrons. The topological polar surface area (TPSA) is 72.0 Å². The lowest BCUT2D eigenvalue weighted by Crippen LogP contribution is -2.45. The molecule has 5 rings (SSSR count). The summed E-state index contributed by atoms with van der Waals surface area (Å²) in [6.07, 6.45) is 5.18. The Balaban J connectivity index is 1.53. The maximum atomic E-state index is 13.3. The van der Waals surface area contributed by atoms with Gasteiger partial charge >= 0.3 is 0 Å². The number of para-hydroxylation sites is 1. The van der Waals surface area contributed by atoms with Crippen LogP contribution in [-0.4, -0.2) is 73.1 Å². The molecule has 0 atom stereocenters. The number of hydrogen-bond donors (Lipinski definition) is 0. The molecule has 0 aliphatic carbocycles. The first kappa shape index (κ1) is 24.7. The van der Waals surface area contributed by atoms with Gasteiger partial charge in [0.25, 0.3) is 5.91 Å². The van der Waals surface area contributed by atoms with Gasteiger partial charge in [0.05, 0.1) is 35.8 Å². The van der Waals surface area contributed by atoms with Crippen LogP contribution in [0.3, 0.4) is 0 Å². The lowest BCUT2D eigenvalue weighted by molar-refractivity contribution is -0.131. The highest BCUT2D eigenvalue weighted by atomic mass is 32.1. The number of carbonyl (C=O) groups is 2. The SMILES string of the molecule is COCC12CCCCN(C(=O)Cc3csc(C)n3)CCOc3ccccc3C(=O)N(CC1)CC2. The van der Waals surface area contributed by atoms with Gasteiger partial charge in [0, 0.05) is 32.1 Å². The Bertz CT molecular complexity index is 984. The van der Waals surface area contributed by atoms with E-state index in [0.29, 0.717) is 44.0 Å². The predicted molar refractivity (Wildman–Crippen MR) is 132 cm³/mol. The molecule has 0 radical (unpaired) electrons. The fourth-order valence-corrected chi connectivity index (χ4v) is 5.69. The predicted octanol–water partition coefficient (Wildman–Crippen LogP) is 3.95. The molecule has 8 heteroatoms. The van der Waals surface area contributed by atoms with E-state index in [1.807, 2.05) is 46.4 Å². The summed E-state index contributed by atoms with van der Waals surface area (Å²) in [4.78, 5) is 34.7. The number of nitrogens with zero attached hydrogens (tertiary/aromatic N) is 3. The average Bonchev–Trinajstić information content (AvgIpc) is 3.24. The molecule has 1 aromatic heterocycles. The second-order valence-corrected chi connectivity index (χ2v) is 10.5. The van der Waals surface area contributed by atoms with Crippen LogP contribution in [-0.2, 0) is 16.0 Å². The number of aromatic nitrogens is 1. The van der Waals surface area contributed by atoms with Crippen LogP contribution in [0.5, 0.6) is 5.75 Å². The molecule has 2 bridgehead atoms. The molecular weight excluding hydrogens is 450 g/mol. The van der Waals surface area contributed by atoms with Crippen molar-refractivity contribution in [2.45, 2.75) is 45.4 Å². The summed E-state index contributed by atoms with van der Waals surface area (Å²) < 4.78 is 11.7. The van der Waals surface area contributed by atoms with Crippen LogP contribution < -0.4 is 4.74 Å². The van der Waals surface area contributed by atoms with E-state index >= 15 is 0 Å². The van der Waals surface area contributed by atoms with Crippen molar-refractivity contribution in [3.05, 3.63) is 45.9 Å². The van der Waals surface area contributed by atoms with Crippen LogP contribution in [0.4, 0.5) is 0 Å². The third-order valence-electron chi connectivity index (χ3n) is 7.03. The molecule has 3 aliphatic rings. The number of rotatable bonds is 4. The van der Waals surface area contributed by atoms with E-state index in [4.69, 9.17) is 9.47 Å². The first-order chi connectivity index (χ1) is 16.5. The molecule has 2 aromatic rings. The number of aryl methyl sites for hydroxylation is 1. The number of piperidine rings is 1. The Kier molecular flexibility index (Phi) is 8.21. The van der Waals surface area contributed by atoms with Gasteiger partial charge in [-0.25, -0.2) is 4.98 Å². The van der Waals surface area contributed by atoms with Crippen LogP contribution in [0.15, 0.2) is 29.6 Å². The van der Waals surface area contributed by atoms with Gasteiger partial charge in [0.2, 0.25) is 5.91 Å². The zero-order valence-electron chi connectivity index (χ0n) is 20.3. The summed E-state index contributed by atoms with van der Waals surface area (Å²) in [6, 6.07) is 7.43. The third kappa shape index (κ3) is 5.96. The summed E-state index contributed by atoms with van der Waals surface area (Å²) in [6.45, 7) is 5.65. The van der Waals surface area contributed by atoms with Gasteiger partial charge < -0.3 is 19.3 Å². The van der Waals surface area contributed by atoms with E-state index in [9.17, 15) is 9.59 Å². The number of fused-ring (bicyclic) bond motifs is 9. The summed E-state index contributed by atoms with van der Waals surface area (Å²) >= 11 is 1.57. The Hall–Kier alpha value is -2.45. The van der Waals surface area contributed by atoms with Gasteiger partial charge in [0.15, 0.2) is 0 Å². The number of ether oxygens (including phenoxy) is 2. The van der Waals surface area contributed by atoms with Gasteiger partial charge in [0.1, 0.15) is 12.4 Å². The van der Waals surface area contributed by atoms with Crippen molar-refractivity contribution in [3.63, 3.8) is 0 Å². The highest BCUT2D eigenvalue weighted by Crippen LogP contribution is 2.38. The van der Waals surface area contributed by atoms with Crippen LogP contribution in [0, 0.1) is 12.3 Å². The second kappa shape index (κ2) is 11.3. The summed E-state index contributed by atoms with van der Waals surface area (Å²) in [5.74, 6) is 0.670. The second-order valence-electron chi connectivity index (χ2n) is 9.44. The van der Waals surface area contributed by atoms with Crippen LogP contribution >= 0.6 is 11.3 Å². The van der Waals surface area contributed by atoms with E-state index in [-0.39, 0.29) is 17.2 Å². The number of benzene rings is 1. The van der Waals surface area contributed by atoms with Gasteiger partial charge in [-0.05, 0) is 50.2 Å². The lowest BCUT2D eigenvalue weighted by atomic mass is 9.75. The Morgan fingerprint density at radius 3 is 2.68 bits per heavy atom. The van der Waals surface area contributed by atoms with Gasteiger partial charge in [-0.2, -0.15) is 0 Å². The molecular formula is C26H35N3O4S. The monoisotopic (exact) mass is 485 g/mol. The standard InChI is InChI=1S/C26H35N3O4S/c1-20-27-21(18-34-20)17-24(30)28-12-6-5-9-26(19-32-2)10-13-29(14-11-26)25(31)22-7-3-4-8-23(22)33-16-15-28/h3-4,7-8,18H,5-6,9-17,19H2,1-2H3. The van der Waals surface area contributed by atoms with Crippen molar-refractivity contribution in [2.75, 3.05) is 46.5 Å². The minimum absolute atomic E-state index is 0.0170. The minimum Gasteiger partial charge on any atom is -0.491 e. The molecule has 2 amide bonds. The Morgan fingerprint density at radius 2 is 1.94 bits per heavy atom. The minimum atomic E-state index is 0.0170. The van der Waals surface area contributed by atoms with Gasteiger partial charge in [-0.3, -0.25) is 9.59 Å². The molecule has 34 heavy (non-hydrogen) atoms. The maximum absolute atomic E-state index is 13.3. The molecule has 7 nitrogen and oxygen atoms in total. The molecule has 0 spiro atoms. The molecule has 1 fully saturated rings. The van der Waals surface area contributed by atoms with Crippen molar-refractivity contribution >= 4 is 23.2 Å². The summed E-state index contributed by atoms with van der Waals surface area (Å²) in [5, 5.41) is 2.93. The van der Waals surface area contributed by atoms with Crippen LogP contribution in [0.25, 0.3) is 0 Å². The molecule has 1 saturated heterocycles. The van der Waals surface area contributed by atoms with Gasteiger partial charge in [-0.15, -0.1) is 11.3 Å². The fourth-order valence-electron chi connectivity index (χ4n) is 5.08. The molecule has 0 N–H and O–H groups in total. The molecule has 1 aromatic carbocycles. The fraction of sp³-hybridized carbons (Fsp3) is 0.577. The zero-order chi connectivity index (χ0) is 24.0. The number of carbonyl (C=O) groups excluding carboxylic acids is 2. The average molecular weight is 486 g/mol. The first-order valence-electron chi connectivity index (χ1n) is 12.2. The Morgan fingerprint density at radius 1 is 1.15 bits per heavy atom. The number of hydrogen-bond acceptors (Lipinski definition) is 6. The maximum Gasteiger partial charge on any atom is 0.257 e. The highest BCUT2D eigenvalue weighted by molar-refractivity contribution is 7.09. The highest BCUT2D eigenvalue weighted by Gasteiger charge is 2.36. The van der Waals surface area contributed by atoms with Crippen LogP contribution in [0.1, 0.15) is 53.2 Å². The smallest absolute Gasteiger partial charge is 0.257 e. The van der Waals surface area contributed by atoms with E-state index in [2.05, 4.69) is 4.98 Å². The zero-order valence-corrected chi connectivity index (χ0v) is 21.1. The van der Waals surface area contributed by atoms with Crippen molar-refractivity contribution in [3.8, 4) is 5.75 Å². The van der Waals surface area contributed by atoms with Crippen LogP contribution in [0.2, 0.25) is 0 Å². The molecule has 4 heterocycles. The van der Waals surface area contributed by atoms with Crippen molar-refractivity contribution in [1.29, 1.82) is 0 Å².